The first-order chi connectivity index (χ1) is 11.8. The van der Waals surface area contributed by atoms with Crippen LogP contribution >= 0.6 is 0 Å². The molecule has 1 fully saturated rings. The van der Waals surface area contributed by atoms with E-state index in [0.29, 0.717) is 0 Å². The van der Waals surface area contributed by atoms with E-state index in [1.54, 1.807) is 0 Å². The number of nitrogen functional groups attached to an aromatic ring is 1. The van der Waals surface area contributed by atoms with Crippen LogP contribution in [0.4, 0.5) is 5.69 Å². The van der Waals surface area contributed by atoms with Crippen molar-refractivity contribution in [3.8, 4) is 5.69 Å². The molecule has 6 heteroatoms. The lowest BCUT2D eigenvalue weighted by Gasteiger charge is -2.32. The quantitative estimate of drug-likeness (QED) is 0.578. The van der Waals surface area contributed by atoms with Crippen LogP contribution in [0.2, 0.25) is 0 Å². The Morgan fingerprint density at radius 1 is 0.960 bits per heavy atom. The highest BCUT2D eigenvalue weighted by Gasteiger charge is 2.51. The average Bonchev–Trinajstić information content (AvgIpc) is 3.06. The van der Waals surface area contributed by atoms with Gasteiger partial charge >= 0.3 is 7.12 Å². The van der Waals surface area contributed by atoms with Gasteiger partial charge in [0.2, 0.25) is 0 Å². The summed E-state index contributed by atoms with van der Waals surface area (Å²) in [6, 6.07) is 13.9. The van der Waals surface area contributed by atoms with Gasteiger partial charge in [-0.2, -0.15) is 0 Å². The monoisotopic (exact) mass is 335 g/mol. The van der Waals surface area contributed by atoms with E-state index in [9.17, 15) is 0 Å². The van der Waals surface area contributed by atoms with Crippen LogP contribution < -0.4 is 11.2 Å². The zero-order valence-electron chi connectivity index (χ0n) is 15.0. The molecule has 5 nitrogen and oxygen atoms in total. The summed E-state index contributed by atoms with van der Waals surface area (Å²) in [5, 5.41) is 0. The van der Waals surface area contributed by atoms with Gasteiger partial charge in [0, 0.05) is 11.4 Å². The van der Waals surface area contributed by atoms with Gasteiger partial charge in [0.05, 0.1) is 22.2 Å². The number of anilines is 1. The summed E-state index contributed by atoms with van der Waals surface area (Å²) in [5.41, 5.74) is 9.76. The van der Waals surface area contributed by atoms with Crippen LogP contribution in [0.1, 0.15) is 27.7 Å². The van der Waals surface area contributed by atoms with E-state index in [1.807, 2.05) is 47.3 Å². The number of hydrogen-bond acceptors (Lipinski definition) is 4. The molecule has 2 aromatic carbocycles. The van der Waals surface area contributed by atoms with E-state index in [0.717, 1.165) is 27.9 Å². The molecule has 1 aliphatic rings. The van der Waals surface area contributed by atoms with Gasteiger partial charge in [-0.25, -0.2) is 4.98 Å². The third-order valence-corrected chi connectivity index (χ3v) is 5.27. The van der Waals surface area contributed by atoms with Gasteiger partial charge in [-0.15, -0.1) is 0 Å². The van der Waals surface area contributed by atoms with Crippen molar-refractivity contribution in [1.29, 1.82) is 0 Å². The van der Waals surface area contributed by atoms with E-state index in [2.05, 4.69) is 38.7 Å². The minimum absolute atomic E-state index is 0.357. The number of benzene rings is 2. The summed E-state index contributed by atoms with van der Waals surface area (Å²) in [6.45, 7) is 8.24. The molecule has 0 saturated carbocycles. The molecule has 1 aromatic heterocycles. The van der Waals surface area contributed by atoms with Crippen molar-refractivity contribution in [2.24, 2.45) is 0 Å². The van der Waals surface area contributed by atoms with Gasteiger partial charge in [-0.05, 0) is 69.6 Å². The Morgan fingerprint density at radius 2 is 1.60 bits per heavy atom. The Kier molecular flexibility index (Phi) is 3.46. The minimum atomic E-state index is -0.385. The number of imidazole rings is 1. The molecular weight excluding hydrogens is 313 g/mol. The van der Waals surface area contributed by atoms with Crippen molar-refractivity contribution in [2.75, 3.05) is 5.73 Å². The number of rotatable bonds is 2. The summed E-state index contributed by atoms with van der Waals surface area (Å²) in [7, 11) is -0.385. The third-order valence-electron chi connectivity index (χ3n) is 5.27. The van der Waals surface area contributed by atoms with Crippen molar-refractivity contribution >= 4 is 29.3 Å². The van der Waals surface area contributed by atoms with E-state index in [4.69, 9.17) is 15.0 Å². The van der Waals surface area contributed by atoms with Crippen LogP contribution in [0.5, 0.6) is 0 Å². The van der Waals surface area contributed by atoms with E-state index in [1.165, 1.54) is 0 Å². The van der Waals surface area contributed by atoms with Crippen LogP contribution in [0.3, 0.4) is 0 Å². The van der Waals surface area contributed by atoms with E-state index < -0.39 is 0 Å². The predicted octanol–water partition coefficient (Wildman–Crippen LogP) is 2.91. The summed E-state index contributed by atoms with van der Waals surface area (Å²) >= 11 is 0. The second kappa shape index (κ2) is 5.34. The molecule has 0 aliphatic carbocycles. The van der Waals surface area contributed by atoms with Crippen LogP contribution in [0, 0.1) is 0 Å². The van der Waals surface area contributed by atoms with Crippen molar-refractivity contribution in [1.82, 2.24) is 9.55 Å². The fourth-order valence-electron chi connectivity index (χ4n) is 2.99. The normalized spacial score (nSPS) is 18.8. The largest absolute Gasteiger partial charge is 0.494 e. The molecule has 25 heavy (non-hydrogen) atoms. The number of nitrogens with zero attached hydrogens (tertiary/aromatic N) is 2. The number of aromatic nitrogens is 2. The smallest absolute Gasteiger partial charge is 0.399 e. The zero-order chi connectivity index (χ0) is 17.8. The van der Waals surface area contributed by atoms with Crippen molar-refractivity contribution in [3.63, 3.8) is 0 Å². The van der Waals surface area contributed by atoms with Crippen LogP contribution in [0.25, 0.3) is 16.7 Å². The maximum absolute atomic E-state index is 6.17. The van der Waals surface area contributed by atoms with Gasteiger partial charge in [0.1, 0.15) is 6.33 Å². The molecular formula is C19H22BN3O2. The summed E-state index contributed by atoms with van der Waals surface area (Å²) in [5.74, 6) is 0. The molecule has 0 atom stereocenters. The molecule has 3 aromatic rings. The first-order valence-electron chi connectivity index (χ1n) is 8.45. The van der Waals surface area contributed by atoms with Gasteiger partial charge in [0.15, 0.2) is 0 Å². The van der Waals surface area contributed by atoms with Crippen LogP contribution in [-0.2, 0) is 9.31 Å². The maximum atomic E-state index is 6.17. The highest BCUT2D eigenvalue weighted by atomic mass is 16.7. The standard InChI is InChI=1S/C19H22BN3O2/c1-18(2)19(3,4)25-20(24-18)13-5-10-16-17(11-13)23(12-22-16)15-8-6-14(21)7-9-15/h5-12H,21H2,1-4H3. The fourth-order valence-corrected chi connectivity index (χ4v) is 2.99. The Labute approximate surface area is 147 Å². The Hall–Kier alpha value is -2.31. The summed E-state index contributed by atoms with van der Waals surface area (Å²) in [6.07, 6.45) is 1.82. The number of fused-ring (bicyclic) bond motifs is 1. The predicted molar refractivity (Wildman–Crippen MR) is 101 cm³/mol. The Bertz CT molecular complexity index is 915. The lowest BCUT2D eigenvalue weighted by atomic mass is 9.79. The summed E-state index contributed by atoms with van der Waals surface area (Å²) in [4.78, 5) is 4.49. The highest BCUT2D eigenvalue weighted by Crippen LogP contribution is 2.36. The average molecular weight is 335 g/mol. The van der Waals surface area contributed by atoms with Gasteiger partial charge in [-0.3, -0.25) is 4.57 Å². The van der Waals surface area contributed by atoms with E-state index in [-0.39, 0.29) is 18.3 Å². The second-order valence-electron chi connectivity index (χ2n) is 7.54. The van der Waals surface area contributed by atoms with E-state index >= 15 is 0 Å². The van der Waals surface area contributed by atoms with Crippen molar-refractivity contribution in [2.45, 2.75) is 38.9 Å². The third kappa shape index (κ3) is 2.62. The minimum Gasteiger partial charge on any atom is -0.399 e. The van der Waals surface area contributed by atoms with Gasteiger partial charge in [-0.1, -0.05) is 6.07 Å². The molecule has 0 unspecified atom stereocenters. The lowest BCUT2D eigenvalue weighted by molar-refractivity contribution is 0.00578. The zero-order valence-corrected chi connectivity index (χ0v) is 15.0. The molecule has 128 valence electrons. The highest BCUT2D eigenvalue weighted by molar-refractivity contribution is 6.62. The molecule has 0 spiro atoms. The van der Waals surface area contributed by atoms with Gasteiger partial charge < -0.3 is 15.0 Å². The molecule has 1 saturated heterocycles. The Balaban J connectivity index is 1.76. The molecule has 1 aliphatic heterocycles. The molecule has 0 radical (unpaired) electrons. The first-order valence-corrected chi connectivity index (χ1v) is 8.45. The molecule has 4 rings (SSSR count). The first kappa shape index (κ1) is 16.2. The molecule has 2 heterocycles. The van der Waals surface area contributed by atoms with Crippen molar-refractivity contribution in [3.05, 3.63) is 48.8 Å². The molecule has 0 bridgehead atoms. The number of nitrogens with two attached hydrogens (primary N) is 1. The number of hydrogen-bond donors (Lipinski definition) is 1. The fraction of sp³-hybridized carbons (Fsp3) is 0.316. The Morgan fingerprint density at radius 3 is 2.24 bits per heavy atom. The SMILES string of the molecule is CC1(C)OB(c2ccc3ncn(-c4ccc(N)cc4)c3c2)OC1(C)C. The van der Waals surface area contributed by atoms with Crippen LogP contribution in [-0.4, -0.2) is 27.9 Å². The molecule has 2 N–H and O–H groups in total. The van der Waals surface area contributed by atoms with Crippen molar-refractivity contribution < 1.29 is 9.31 Å². The lowest BCUT2D eigenvalue weighted by Crippen LogP contribution is -2.41. The molecule has 0 amide bonds. The summed E-state index contributed by atoms with van der Waals surface area (Å²) < 4.78 is 14.4. The maximum Gasteiger partial charge on any atom is 0.494 e. The van der Waals surface area contributed by atoms with Gasteiger partial charge in [0.25, 0.3) is 0 Å². The second-order valence-corrected chi connectivity index (χ2v) is 7.54. The van der Waals surface area contributed by atoms with Crippen LogP contribution in [0.15, 0.2) is 48.8 Å². The topological polar surface area (TPSA) is 62.3 Å².